The Morgan fingerprint density at radius 2 is 1.80 bits per heavy atom. The SMILES string of the molecule is CNc1ccc(Cl)cc1C(=O)N(C)c1ccc(C)cc1. The van der Waals surface area contributed by atoms with Crippen LogP contribution in [0.2, 0.25) is 5.02 Å². The lowest BCUT2D eigenvalue weighted by atomic mass is 10.1. The van der Waals surface area contributed by atoms with E-state index in [1.165, 1.54) is 0 Å². The van der Waals surface area contributed by atoms with Crippen molar-refractivity contribution in [2.24, 2.45) is 0 Å². The highest BCUT2D eigenvalue weighted by atomic mass is 35.5. The van der Waals surface area contributed by atoms with Crippen molar-refractivity contribution in [3.63, 3.8) is 0 Å². The highest BCUT2D eigenvalue weighted by Gasteiger charge is 2.17. The molecule has 0 aliphatic carbocycles. The van der Waals surface area contributed by atoms with E-state index < -0.39 is 0 Å². The summed E-state index contributed by atoms with van der Waals surface area (Å²) in [6.07, 6.45) is 0. The first-order valence-corrected chi connectivity index (χ1v) is 6.72. The van der Waals surface area contributed by atoms with Crippen LogP contribution < -0.4 is 10.2 Å². The molecule has 0 heterocycles. The highest BCUT2D eigenvalue weighted by Crippen LogP contribution is 2.24. The zero-order valence-electron chi connectivity index (χ0n) is 11.8. The topological polar surface area (TPSA) is 32.3 Å². The summed E-state index contributed by atoms with van der Waals surface area (Å²) in [6, 6.07) is 13.1. The van der Waals surface area contributed by atoms with Crippen LogP contribution in [0.5, 0.6) is 0 Å². The van der Waals surface area contributed by atoms with Gasteiger partial charge in [-0.3, -0.25) is 4.79 Å². The third kappa shape index (κ3) is 2.94. The summed E-state index contributed by atoms with van der Waals surface area (Å²) in [6.45, 7) is 2.02. The zero-order valence-corrected chi connectivity index (χ0v) is 12.5. The van der Waals surface area contributed by atoms with E-state index in [0.29, 0.717) is 10.6 Å². The van der Waals surface area contributed by atoms with Gasteiger partial charge in [0.15, 0.2) is 0 Å². The van der Waals surface area contributed by atoms with Crippen molar-refractivity contribution < 1.29 is 4.79 Å². The molecule has 0 aromatic heterocycles. The van der Waals surface area contributed by atoms with Crippen LogP contribution in [0.25, 0.3) is 0 Å². The second kappa shape index (κ2) is 5.97. The molecule has 0 unspecified atom stereocenters. The Bertz CT molecular complexity index is 623. The third-order valence-electron chi connectivity index (χ3n) is 3.21. The molecule has 0 aliphatic heterocycles. The average Bonchev–Trinajstić information content (AvgIpc) is 2.46. The van der Waals surface area contributed by atoms with Crippen LogP contribution in [0.15, 0.2) is 42.5 Å². The molecule has 0 saturated carbocycles. The van der Waals surface area contributed by atoms with Crippen LogP contribution >= 0.6 is 11.6 Å². The molecule has 0 saturated heterocycles. The fourth-order valence-corrected chi connectivity index (χ4v) is 2.15. The average molecular weight is 289 g/mol. The van der Waals surface area contributed by atoms with Crippen LogP contribution in [0.4, 0.5) is 11.4 Å². The predicted molar refractivity (Wildman–Crippen MR) is 84.9 cm³/mol. The second-order valence-electron chi connectivity index (χ2n) is 4.64. The van der Waals surface area contributed by atoms with Gasteiger partial charge in [-0.1, -0.05) is 29.3 Å². The molecule has 2 rings (SSSR count). The van der Waals surface area contributed by atoms with Gasteiger partial charge in [0.1, 0.15) is 0 Å². The molecule has 1 N–H and O–H groups in total. The van der Waals surface area contributed by atoms with E-state index in [-0.39, 0.29) is 5.91 Å². The number of hydrogen-bond donors (Lipinski definition) is 1. The van der Waals surface area contributed by atoms with E-state index in [0.717, 1.165) is 16.9 Å². The Labute approximate surface area is 124 Å². The molecule has 1 amide bonds. The first-order valence-electron chi connectivity index (χ1n) is 6.35. The first-order chi connectivity index (χ1) is 9.52. The number of amides is 1. The number of carbonyl (C=O) groups excluding carboxylic acids is 1. The van der Waals surface area contributed by atoms with E-state index in [9.17, 15) is 4.79 Å². The lowest BCUT2D eigenvalue weighted by molar-refractivity contribution is 0.0994. The Morgan fingerprint density at radius 1 is 1.15 bits per heavy atom. The molecule has 4 heteroatoms. The molecule has 0 bridgehead atoms. The Balaban J connectivity index is 2.35. The van der Waals surface area contributed by atoms with Crippen molar-refractivity contribution in [2.75, 3.05) is 24.3 Å². The molecule has 3 nitrogen and oxygen atoms in total. The van der Waals surface area contributed by atoms with Crippen molar-refractivity contribution in [3.8, 4) is 0 Å². The first kappa shape index (κ1) is 14.4. The predicted octanol–water partition coefficient (Wildman–Crippen LogP) is 3.97. The maximum atomic E-state index is 12.6. The molecule has 0 aliphatic rings. The quantitative estimate of drug-likeness (QED) is 0.927. The van der Waals surface area contributed by atoms with Gasteiger partial charge in [-0.25, -0.2) is 0 Å². The molecule has 0 radical (unpaired) electrons. The normalized spacial score (nSPS) is 10.2. The van der Waals surface area contributed by atoms with Crippen LogP contribution in [-0.2, 0) is 0 Å². The number of nitrogens with zero attached hydrogens (tertiary/aromatic N) is 1. The molecule has 2 aromatic carbocycles. The minimum atomic E-state index is -0.0966. The molecule has 0 atom stereocenters. The van der Waals surface area contributed by atoms with Crippen molar-refractivity contribution in [1.29, 1.82) is 0 Å². The summed E-state index contributed by atoms with van der Waals surface area (Å²) in [5.74, 6) is -0.0966. The highest BCUT2D eigenvalue weighted by molar-refractivity contribution is 6.31. The van der Waals surface area contributed by atoms with E-state index >= 15 is 0 Å². The van der Waals surface area contributed by atoms with E-state index in [1.807, 2.05) is 31.2 Å². The van der Waals surface area contributed by atoms with Gasteiger partial charge in [0, 0.05) is 30.5 Å². The van der Waals surface area contributed by atoms with Crippen LogP contribution in [-0.4, -0.2) is 20.0 Å². The standard InChI is InChI=1S/C16H17ClN2O/c1-11-4-7-13(8-5-11)19(3)16(20)14-10-12(17)6-9-15(14)18-2/h4-10,18H,1-3H3. The second-order valence-corrected chi connectivity index (χ2v) is 5.08. The summed E-state index contributed by atoms with van der Waals surface area (Å²) in [4.78, 5) is 14.2. The minimum Gasteiger partial charge on any atom is -0.387 e. The van der Waals surface area contributed by atoms with E-state index in [2.05, 4.69) is 5.32 Å². The number of benzene rings is 2. The lowest BCUT2D eigenvalue weighted by Gasteiger charge is -2.19. The fourth-order valence-electron chi connectivity index (χ4n) is 1.98. The van der Waals surface area contributed by atoms with Gasteiger partial charge in [0.25, 0.3) is 5.91 Å². The van der Waals surface area contributed by atoms with Gasteiger partial charge in [0.2, 0.25) is 0 Å². The summed E-state index contributed by atoms with van der Waals surface area (Å²) in [7, 11) is 3.54. The lowest BCUT2D eigenvalue weighted by Crippen LogP contribution is -2.26. The summed E-state index contributed by atoms with van der Waals surface area (Å²) in [5.41, 5.74) is 3.33. The summed E-state index contributed by atoms with van der Waals surface area (Å²) >= 11 is 5.99. The fraction of sp³-hybridized carbons (Fsp3) is 0.188. The summed E-state index contributed by atoms with van der Waals surface area (Å²) in [5, 5.41) is 3.56. The summed E-state index contributed by atoms with van der Waals surface area (Å²) < 4.78 is 0. The smallest absolute Gasteiger partial charge is 0.260 e. The monoisotopic (exact) mass is 288 g/mol. The molecule has 0 fully saturated rings. The number of rotatable bonds is 3. The molecule has 20 heavy (non-hydrogen) atoms. The van der Waals surface area contributed by atoms with Crippen LogP contribution in [0, 0.1) is 6.92 Å². The molecule has 104 valence electrons. The number of hydrogen-bond acceptors (Lipinski definition) is 2. The van der Waals surface area contributed by atoms with Crippen LogP contribution in [0.3, 0.4) is 0 Å². The minimum absolute atomic E-state index is 0.0966. The van der Waals surface area contributed by atoms with Gasteiger partial charge < -0.3 is 10.2 Å². The van der Waals surface area contributed by atoms with Gasteiger partial charge in [-0.2, -0.15) is 0 Å². The number of anilines is 2. The van der Waals surface area contributed by atoms with E-state index in [4.69, 9.17) is 11.6 Å². The third-order valence-corrected chi connectivity index (χ3v) is 3.44. The number of carbonyl (C=O) groups is 1. The Hall–Kier alpha value is -2.00. The largest absolute Gasteiger partial charge is 0.387 e. The molecular formula is C16H17ClN2O. The molecule has 2 aromatic rings. The maximum Gasteiger partial charge on any atom is 0.260 e. The van der Waals surface area contributed by atoms with Crippen molar-refractivity contribution in [3.05, 3.63) is 58.6 Å². The molecule has 0 spiro atoms. The van der Waals surface area contributed by atoms with Gasteiger partial charge >= 0.3 is 0 Å². The molecular weight excluding hydrogens is 272 g/mol. The van der Waals surface area contributed by atoms with Crippen LogP contribution in [0.1, 0.15) is 15.9 Å². The Morgan fingerprint density at radius 3 is 2.40 bits per heavy atom. The van der Waals surface area contributed by atoms with Crippen molar-refractivity contribution in [2.45, 2.75) is 6.92 Å². The number of halogens is 1. The number of aryl methyl sites for hydroxylation is 1. The van der Waals surface area contributed by atoms with Gasteiger partial charge in [-0.05, 0) is 37.3 Å². The number of nitrogens with one attached hydrogen (secondary N) is 1. The van der Waals surface area contributed by atoms with Crippen molar-refractivity contribution >= 4 is 28.9 Å². The van der Waals surface area contributed by atoms with Crippen molar-refractivity contribution in [1.82, 2.24) is 0 Å². The van der Waals surface area contributed by atoms with Gasteiger partial charge in [-0.15, -0.1) is 0 Å². The zero-order chi connectivity index (χ0) is 14.7. The Kier molecular flexibility index (Phi) is 4.30. The maximum absolute atomic E-state index is 12.6. The van der Waals surface area contributed by atoms with E-state index in [1.54, 1.807) is 37.2 Å². The van der Waals surface area contributed by atoms with Gasteiger partial charge in [0.05, 0.1) is 5.56 Å².